The fourth-order valence-corrected chi connectivity index (χ4v) is 0.999. The third kappa shape index (κ3) is 28.6. The lowest BCUT2D eigenvalue weighted by Gasteiger charge is -1.96. The predicted octanol–water partition coefficient (Wildman–Crippen LogP) is 7.73. The summed E-state index contributed by atoms with van der Waals surface area (Å²) in [6, 6.07) is 6.75. The molecule has 0 amide bonds. The summed E-state index contributed by atoms with van der Waals surface area (Å²) >= 11 is 8.58. The van der Waals surface area contributed by atoms with Crippen molar-refractivity contribution in [3.63, 3.8) is 0 Å². The number of benzene rings is 1. The summed E-state index contributed by atoms with van der Waals surface area (Å²) in [6.45, 7) is 16.0. The Bertz CT molecular complexity index is 296. The largest absolute Gasteiger partial charge is 0.478 e. The molecule has 5 heteroatoms. The Kier molecular flexibility index (Phi) is 58.1. The monoisotopic (exact) mass is 556 g/mol. The van der Waals surface area contributed by atoms with Crippen LogP contribution in [0, 0.1) is 0 Å². The number of alkyl halides is 2. The van der Waals surface area contributed by atoms with Crippen molar-refractivity contribution in [2.45, 2.75) is 61.1 Å². The summed E-state index contributed by atoms with van der Waals surface area (Å²) in [5.41, 5.74) is 1.24. The van der Waals surface area contributed by atoms with Crippen LogP contribution >= 0.6 is 57.8 Å². The smallest absolute Gasteiger partial charge is 0.335 e. The van der Waals surface area contributed by atoms with E-state index in [0.29, 0.717) is 11.3 Å². The maximum atomic E-state index is 10.4. The number of carboxylic acids is 1. The van der Waals surface area contributed by atoms with Crippen LogP contribution in [0.1, 0.15) is 71.3 Å². The Morgan fingerprint density at radius 2 is 1.36 bits per heavy atom. The molecule has 134 valence electrons. The quantitative estimate of drug-likeness (QED) is 0.222. The summed E-state index contributed by atoms with van der Waals surface area (Å²) in [4.78, 5) is 10.4. The Morgan fingerprint density at radius 1 is 1.00 bits per heavy atom. The summed E-state index contributed by atoms with van der Waals surface area (Å²) < 4.78 is 1.19. The van der Waals surface area contributed by atoms with Crippen LogP contribution in [-0.2, 0) is 5.75 Å². The lowest BCUT2D eigenvalue weighted by molar-refractivity contribution is 0.0697. The van der Waals surface area contributed by atoms with Gasteiger partial charge in [-0.05, 0) is 17.7 Å². The lowest BCUT2D eigenvalue weighted by Crippen LogP contribution is -1.95. The second kappa shape index (κ2) is 37.6. The van der Waals surface area contributed by atoms with Crippen LogP contribution in [0.25, 0.3) is 0 Å². The van der Waals surface area contributed by atoms with Crippen molar-refractivity contribution in [3.05, 3.63) is 35.4 Å². The minimum Gasteiger partial charge on any atom is -0.478 e. The number of carboxylic acid groups (broad SMARTS) is 1. The normalized spacial score (nSPS) is 6.68. The zero-order valence-corrected chi connectivity index (χ0v) is 20.5. The van der Waals surface area contributed by atoms with E-state index in [9.17, 15) is 4.79 Å². The van der Waals surface area contributed by atoms with Crippen molar-refractivity contribution < 1.29 is 9.90 Å². The predicted molar refractivity (Wildman–Crippen MR) is 124 cm³/mol. The van der Waals surface area contributed by atoms with E-state index >= 15 is 0 Å². The first-order chi connectivity index (χ1) is 10.7. The molecular formula is C17H34I2O2S. The van der Waals surface area contributed by atoms with Gasteiger partial charge in [0.2, 0.25) is 0 Å². The summed E-state index contributed by atoms with van der Waals surface area (Å²) in [6.07, 6.45) is 0. The first-order valence-corrected chi connectivity index (χ1v) is 11.4. The molecule has 0 saturated carbocycles. The van der Waals surface area contributed by atoms with Crippen LogP contribution in [0.15, 0.2) is 24.3 Å². The van der Waals surface area contributed by atoms with Gasteiger partial charge in [0.1, 0.15) is 0 Å². The highest BCUT2D eigenvalue weighted by Crippen LogP contribution is 2.06. The van der Waals surface area contributed by atoms with Gasteiger partial charge in [-0.1, -0.05) is 113 Å². The topological polar surface area (TPSA) is 37.3 Å². The molecule has 22 heavy (non-hydrogen) atoms. The van der Waals surface area contributed by atoms with Gasteiger partial charge in [-0.3, -0.25) is 0 Å². The average molecular weight is 556 g/mol. The maximum absolute atomic E-state index is 10.4. The van der Waals surface area contributed by atoms with E-state index in [1.807, 2.05) is 61.5 Å². The highest BCUT2D eigenvalue weighted by atomic mass is 127. The summed E-state index contributed by atoms with van der Waals surface area (Å²) in [5, 5.41) is 8.58. The number of carbonyl (C=O) groups is 1. The molecule has 1 N–H and O–H groups in total. The number of thiol groups is 1. The zero-order valence-electron chi connectivity index (χ0n) is 15.3. The molecular weight excluding hydrogens is 522 g/mol. The molecule has 0 radical (unpaired) electrons. The zero-order chi connectivity index (χ0) is 19.0. The molecule has 1 aromatic carbocycles. The SMILES string of the molecule is CC.CC.CC.CC.ICI.O=C(O)c1cccc(CS)c1. The van der Waals surface area contributed by atoms with E-state index in [1.54, 1.807) is 18.2 Å². The molecule has 1 aromatic rings. The van der Waals surface area contributed by atoms with Gasteiger partial charge < -0.3 is 5.11 Å². The minimum absolute atomic E-state index is 0.316. The first-order valence-electron chi connectivity index (χ1n) is 7.70. The van der Waals surface area contributed by atoms with E-state index in [4.69, 9.17) is 5.11 Å². The minimum atomic E-state index is -0.895. The van der Waals surface area contributed by atoms with Crippen molar-refractivity contribution in [2.24, 2.45) is 0 Å². The fraction of sp³-hybridized carbons (Fsp3) is 0.588. The molecule has 0 atom stereocenters. The van der Waals surface area contributed by atoms with Crippen molar-refractivity contribution in [1.29, 1.82) is 0 Å². The number of rotatable bonds is 2. The second-order valence-corrected chi connectivity index (χ2v) is 7.03. The third-order valence-corrected chi connectivity index (χ3v) is 1.72. The van der Waals surface area contributed by atoms with E-state index < -0.39 is 5.97 Å². The van der Waals surface area contributed by atoms with Crippen LogP contribution in [0.2, 0.25) is 0 Å². The van der Waals surface area contributed by atoms with Gasteiger partial charge in [-0.2, -0.15) is 12.6 Å². The first kappa shape index (κ1) is 34.0. The second-order valence-electron chi connectivity index (χ2n) is 2.26. The molecule has 2 nitrogen and oxygen atoms in total. The van der Waals surface area contributed by atoms with Crippen LogP contribution in [0.3, 0.4) is 0 Å². The van der Waals surface area contributed by atoms with E-state index in [-0.39, 0.29) is 0 Å². The van der Waals surface area contributed by atoms with Gasteiger partial charge in [-0.25, -0.2) is 4.79 Å². The van der Waals surface area contributed by atoms with Crippen molar-refractivity contribution >= 4 is 63.8 Å². The summed E-state index contributed by atoms with van der Waals surface area (Å²) in [7, 11) is 0. The highest BCUT2D eigenvalue weighted by Gasteiger charge is 2.00. The van der Waals surface area contributed by atoms with Gasteiger partial charge in [0.05, 0.1) is 8.00 Å². The van der Waals surface area contributed by atoms with Crippen LogP contribution in [0.5, 0.6) is 0 Å². The molecule has 0 aliphatic carbocycles. The molecule has 0 aromatic heterocycles. The van der Waals surface area contributed by atoms with Gasteiger partial charge in [-0.15, -0.1) is 0 Å². The molecule has 0 unspecified atom stereocenters. The molecule has 0 aliphatic rings. The van der Waals surface area contributed by atoms with Crippen LogP contribution in [0.4, 0.5) is 0 Å². The highest BCUT2D eigenvalue weighted by molar-refractivity contribution is 14.2. The Morgan fingerprint density at radius 3 is 1.64 bits per heavy atom. The standard InChI is InChI=1S/C8H8O2S.4C2H6.CH2I2/c9-8(10)7-3-1-2-6(4-7)5-11;4*1-2;2-1-3/h1-4,11H,5H2,(H,9,10);4*1-2H3;1H2. The summed E-state index contributed by atoms with van der Waals surface area (Å²) in [5.74, 6) is -0.324. The molecule has 0 aliphatic heterocycles. The number of hydrogen-bond acceptors (Lipinski definition) is 2. The fourth-order valence-electron chi connectivity index (χ4n) is 0.803. The molecule has 0 fully saturated rings. The average Bonchev–Trinajstić information content (AvgIpc) is 2.62. The van der Waals surface area contributed by atoms with Crippen molar-refractivity contribution in [1.82, 2.24) is 0 Å². The number of halogens is 2. The molecule has 1 rings (SSSR count). The van der Waals surface area contributed by atoms with Crippen molar-refractivity contribution in [3.8, 4) is 0 Å². The van der Waals surface area contributed by atoms with E-state index in [0.717, 1.165) is 5.56 Å². The molecule has 0 saturated heterocycles. The molecule has 0 bridgehead atoms. The Balaban J connectivity index is -0.0000000740. The van der Waals surface area contributed by atoms with Gasteiger partial charge >= 0.3 is 5.97 Å². The molecule has 0 heterocycles. The van der Waals surface area contributed by atoms with Gasteiger partial charge in [0.25, 0.3) is 0 Å². The number of aromatic carboxylic acids is 1. The Labute approximate surface area is 171 Å². The third-order valence-electron chi connectivity index (χ3n) is 1.36. The van der Waals surface area contributed by atoms with Gasteiger partial charge in [0, 0.05) is 5.75 Å². The Hall–Kier alpha value is 0.500. The number of hydrogen-bond donors (Lipinski definition) is 2. The molecule has 0 spiro atoms. The maximum Gasteiger partial charge on any atom is 0.335 e. The van der Waals surface area contributed by atoms with Gasteiger partial charge in [0.15, 0.2) is 0 Å². The van der Waals surface area contributed by atoms with E-state index in [1.165, 1.54) is 2.43 Å². The van der Waals surface area contributed by atoms with Crippen LogP contribution < -0.4 is 0 Å². The van der Waals surface area contributed by atoms with Crippen LogP contribution in [-0.4, -0.2) is 13.5 Å². The van der Waals surface area contributed by atoms with Crippen molar-refractivity contribution in [2.75, 3.05) is 2.43 Å². The van der Waals surface area contributed by atoms with E-state index in [2.05, 4.69) is 57.8 Å². The lowest BCUT2D eigenvalue weighted by atomic mass is 10.1.